The van der Waals surface area contributed by atoms with Crippen molar-refractivity contribution in [2.45, 2.75) is 122 Å². The van der Waals surface area contributed by atoms with Gasteiger partial charge in [0.05, 0.1) is 18.1 Å². The quantitative estimate of drug-likeness (QED) is 0.182. The number of carbonyl (C=O) groups excluding carboxylic acids is 1. The molecule has 0 saturated heterocycles. The Bertz CT molecular complexity index is 923. The number of benzene rings is 2. The fourth-order valence-corrected chi connectivity index (χ4v) is 5.46. The Balaban J connectivity index is 2.08. The van der Waals surface area contributed by atoms with Gasteiger partial charge in [-0.2, -0.15) is 0 Å². The van der Waals surface area contributed by atoms with Crippen molar-refractivity contribution in [1.82, 2.24) is 0 Å². The summed E-state index contributed by atoms with van der Waals surface area (Å²) in [6, 6.07) is 18.7. The number of rotatable bonds is 20. The molecule has 4 heteroatoms. The normalized spacial score (nSPS) is 13.7. The molecule has 37 heavy (non-hydrogen) atoms. The van der Waals surface area contributed by atoms with Gasteiger partial charge in [0.25, 0.3) is 0 Å². The molecule has 0 aliphatic carbocycles. The fourth-order valence-electron chi connectivity index (χ4n) is 5.46. The molecule has 0 spiro atoms. The van der Waals surface area contributed by atoms with Crippen molar-refractivity contribution in [1.29, 1.82) is 0 Å². The van der Waals surface area contributed by atoms with Crippen molar-refractivity contribution in [3.63, 3.8) is 0 Å². The Morgan fingerprint density at radius 3 is 2.16 bits per heavy atom. The summed E-state index contributed by atoms with van der Waals surface area (Å²) in [5, 5.41) is 8.91. The lowest BCUT2D eigenvalue weighted by molar-refractivity contribution is -0.137. The van der Waals surface area contributed by atoms with E-state index in [0.29, 0.717) is 13.0 Å². The molecule has 0 aliphatic heterocycles. The zero-order valence-corrected chi connectivity index (χ0v) is 23.3. The van der Waals surface area contributed by atoms with Crippen LogP contribution in [0.3, 0.4) is 0 Å². The van der Waals surface area contributed by atoms with Crippen LogP contribution in [0.15, 0.2) is 54.6 Å². The van der Waals surface area contributed by atoms with E-state index in [1.165, 1.54) is 30.4 Å². The van der Waals surface area contributed by atoms with Gasteiger partial charge in [0.1, 0.15) is 5.78 Å². The van der Waals surface area contributed by atoms with Gasteiger partial charge in [0.2, 0.25) is 0 Å². The number of unbranched alkanes of at least 4 members (excludes halogenated alkanes) is 5. The standard InChI is InChI=1S/C33H48O4/c1-4-5-9-20-30(37-26-29-18-10-8-11-19-29)21-16-25-33(28(3)34,31-22-14-13-17-27(31)2)24-15-7-6-12-23-32(35)36/h8,10-11,13-14,17-19,22,30H,4-7,9,12,15-16,20-21,23-26H2,1-3H3,(H,35,36). The fraction of sp³-hybridized carbons (Fsp3) is 0.576. The van der Waals surface area contributed by atoms with Gasteiger partial charge in [-0.1, -0.05) is 100 Å². The highest BCUT2D eigenvalue weighted by Crippen LogP contribution is 2.39. The lowest BCUT2D eigenvalue weighted by Crippen LogP contribution is -2.35. The third kappa shape index (κ3) is 10.8. The summed E-state index contributed by atoms with van der Waals surface area (Å²) in [5.41, 5.74) is 3.03. The third-order valence-corrected chi connectivity index (χ3v) is 7.67. The van der Waals surface area contributed by atoms with E-state index in [1.807, 2.05) is 18.2 Å². The van der Waals surface area contributed by atoms with Crippen LogP contribution < -0.4 is 0 Å². The van der Waals surface area contributed by atoms with Crippen LogP contribution in [-0.4, -0.2) is 23.0 Å². The van der Waals surface area contributed by atoms with Gasteiger partial charge >= 0.3 is 5.97 Å². The molecule has 4 nitrogen and oxygen atoms in total. The second-order valence-electron chi connectivity index (χ2n) is 10.6. The van der Waals surface area contributed by atoms with Gasteiger partial charge in [-0.3, -0.25) is 9.59 Å². The van der Waals surface area contributed by atoms with E-state index in [9.17, 15) is 9.59 Å². The molecule has 0 radical (unpaired) electrons. The van der Waals surface area contributed by atoms with Crippen LogP contribution in [0.4, 0.5) is 0 Å². The summed E-state index contributed by atoms with van der Waals surface area (Å²) >= 11 is 0. The lowest BCUT2D eigenvalue weighted by Gasteiger charge is -2.34. The van der Waals surface area contributed by atoms with Crippen molar-refractivity contribution in [3.8, 4) is 0 Å². The lowest BCUT2D eigenvalue weighted by atomic mass is 9.68. The molecule has 0 aromatic heterocycles. The van der Waals surface area contributed by atoms with Gasteiger partial charge in [-0.15, -0.1) is 0 Å². The maximum atomic E-state index is 13.3. The van der Waals surface area contributed by atoms with Crippen molar-refractivity contribution in [2.75, 3.05) is 0 Å². The molecule has 0 amide bonds. The largest absolute Gasteiger partial charge is 0.481 e. The average Bonchev–Trinajstić information content (AvgIpc) is 2.88. The maximum absolute atomic E-state index is 13.3. The van der Waals surface area contributed by atoms with E-state index in [4.69, 9.17) is 9.84 Å². The summed E-state index contributed by atoms with van der Waals surface area (Å²) in [6.07, 6.45) is 12.1. The number of hydrogen-bond donors (Lipinski definition) is 1. The topological polar surface area (TPSA) is 63.6 Å². The number of ether oxygens (including phenoxy) is 1. The number of carboxylic acid groups (broad SMARTS) is 1. The second kappa shape index (κ2) is 17.1. The number of Topliss-reactive ketones (excluding diaryl/α,β-unsaturated/α-hetero) is 1. The predicted octanol–water partition coefficient (Wildman–Crippen LogP) is 8.58. The SMILES string of the molecule is CCCCCC(CCCC(CCCCCCC(=O)O)(C(C)=O)c1ccccc1C)OCc1ccccc1. The minimum atomic E-state index is -0.735. The molecule has 0 bridgehead atoms. The number of aryl methyl sites for hydroxylation is 1. The first-order valence-electron chi connectivity index (χ1n) is 14.3. The molecular formula is C33H48O4. The number of ketones is 1. The predicted molar refractivity (Wildman–Crippen MR) is 152 cm³/mol. The van der Waals surface area contributed by atoms with Gasteiger partial charge in [-0.25, -0.2) is 0 Å². The Kier molecular flexibility index (Phi) is 14.2. The monoisotopic (exact) mass is 508 g/mol. The zero-order valence-electron chi connectivity index (χ0n) is 23.3. The maximum Gasteiger partial charge on any atom is 0.303 e. The highest BCUT2D eigenvalue weighted by atomic mass is 16.5. The minimum absolute atomic E-state index is 0.198. The summed E-state index contributed by atoms with van der Waals surface area (Å²) < 4.78 is 6.39. The van der Waals surface area contributed by atoms with Gasteiger partial charge < -0.3 is 9.84 Å². The summed E-state index contributed by atoms with van der Waals surface area (Å²) in [6.45, 7) is 6.71. The van der Waals surface area contributed by atoms with Crippen LogP contribution >= 0.6 is 0 Å². The van der Waals surface area contributed by atoms with E-state index in [1.54, 1.807) is 6.92 Å². The number of hydrogen-bond acceptors (Lipinski definition) is 3. The Morgan fingerprint density at radius 1 is 0.838 bits per heavy atom. The molecule has 2 aromatic rings. The Hall–Kier alpha value is -2.46. The number of aliphatic carboxylic acids is 1. The molecule has 0 fully saturated rings. The first-order chi connectivity index (χ1) is 17.9. The van der Waals surface area contributed by atoms with Gasteiger partial charge in [-0.05, 0) is 69.1 Å². The van der Waals surface area contributed by atoms with Crippen LogP contribution in [-0.2, 0) is 26.3 Å². The molecule has 2 rings (SSSR count). The summed E-state index contributed by atoms with van der Waals surface area (Å²) in [5.74, 6) is -0.499. The molecule has 0 saturated carbocycles. The third-order valence-electron chi connectivity index (χ3n) is 7.67. The van der Waals surface area contributed by atoms with Crippen molar-refractivity contribution >= 4 is 11.8 Å². The summed E-state index contributed by atoms with van der Waals surface area (Å²) in [4.78, 5) is 24.1. The smallest absolute Gasteiger partial charge is 0.303 e. The molecular weight excluding hydrogens is 460 g/mol. The van der Waals surface area contributed by atoms with Crippen LogP contribution in [0, 0.1) is 6.92 Å². The Labute approximate surface area is 224 Å². The molecule has 2 unspecified atom stereocenters. The zero-order chi connectivity index (χ0) is 26.9. The summed E-state index contributed by atoms with van der Waals surface area (Å²) in [7, 11) is 0. The van der Waals surface area contributed by atoms with Crippen LogP contribution in [0.1, 0.15) is 114 Å². The molecule has 2 atom stereocenters. The first-order valence-corrected chi connectivity index (χ1v) is 14.3. The Morgan fingerprint density at radius 2 is 1.49 bits per heavy atom. The highest BCUT2D eigenvalue weighted by Gasteiger charge is 2.37. The van der Waals surface area contributed by atoms with E-state index in [-0.39, 0.29) is 18.3 Å². The van der Waals surface area contributed by atoms with E-state index < -0.39 is 11.4 Å². The number of carboxylic acids is 1. The number of carbonyl (C=O) groups is 2. The average molecular weight is 509 g/mol. The second-order valence-corrected chi connectivity index (χ2v) is 10.6. The van der Waals surface area contributed by atoms with Crippen LogP contribution in [0.5, 0.6) is 0 Å². The van der Waals surface area contributed by atoms with Crippen molar-refractivity contribution in [3.05, 3.63) is 71.3 Å². The molecule has 2 aromatic carbocycles. The van der Waals surface area contributed by atoms with Crippen LogP contribution in [0.25, 0.3) is 0 Å². The van der Waals surface area contributed by atoms with Crippen LogP contribution in [0.2, 0.25) is 0 Å². The molecule has 0 heterocycles. The van der Waals surface area contributed by atoms with Gasteiger partial charge in [0.15, 0.2) is 0 Å². The van der Waals surface area contributed by atoms with E-state index in [0.717, 1.165) is 56.9 Å². The molecule has 204 valence electrons. The first kappa shape index (κ1) is 30.8. The minimum Gasteiger partial charge on any atom is -0.481 e. The van der Waals surface area contributed by atoms with E-state index in [2.05, 4.69) is 50.2 Å². The van der Waals surface area contributed by atoms with Crippen molar-refractivity contribution in [2.24, 2.45) is 0 Å². The molecule has 1 N–H and O–H groups in total. The van der Waals surface area contributed by atoms with Gasteiger partial charge in [0, 0.05) is 6.42 Å². The highest BCUT2D eigenvalue weighted by molar-refractivity contribution is 5.88. The molecule has 0 aliphatic rings. The van der Waals surface area contributed by atoms with E-state index >= 15 is 0 Å². The van der Waals surface area contributed by atoms with Crippen molar-refractivity contribution < 1.29 is 19.4 Å².